The lowest BCUT2D eigenvalue weighted by molar-refractivity contribution is -0.120. The molecule has 4 nitrogen and oxygen atoms in total. The van der Waals surface area contributed by atoms with Crippen molar-refractivity contribution in [2.45, 2.75) is 12.5 Å². The number of carbonyl (C=O) groups is 1. The quantitative estimate of drug-likeness (QED) is 0.421. The van der Waals surface area contributed by atoms with Crippen LogP contribution in [0.1, 0.15) is 22.7 Å². The van der Waals surface area contributed by atoms with E-state index in [2.05, 4.69) is 10.3 Å². The van der Waals surface area contributed by atoms with Gasteiger partial charge in [0.05, 0.1) is 22.5 Å². The predicted octanol–water partition coefficient (Wildman–Crippen LogP) is 5.70. The van der Waals surface area contributed by atoms with Gasteiger partial charge in [0.25, 0.3) is 0 Å². The van der Waals surface area contributed by atoms with Crippen molar-refractivity contribution in [1.82, 2.24) is 10.3 Å². The summed E-state index contributed by atoms with van der Waals surface area (Å²) in [7, 11) is 0. The Morgan fingerprint density at radius 1 is 0.967 bits per heavy atom. The maximum Gasteiger partial charge on any atom is 0.225 e. The summed E-state index contributed by atoms with van der Waals surface area (Å²) in [6, 6.07) is 21.3. The summed E-state index contributed by atoms with van der Waals surface area (Å²) in [5.74, 6) is -0.165. The highest BCUT2D eigenvalue weighted by Crippen LogP contribution is 2.36. The van der Waals surface area contributed by atoms with Crippen molar-refractivity contribution in [2.24, 2.45) is 0 Å². The first-order valence-electron chi connectivity index (χ1n) is 9.38. The summed E-state index contributed by atoms with van der Waals surface area (Å²) in [4.78, 5) is 17.1. The van der Waals surface area contributed by atoms with Gasteiger partial charge >= 0.3 is 0 Å². The van der Waals surface area contributed by atoms with Gasteiger partial charge in [0.2, 0.25) is 5.91 Å². The lowest BCUT2D eigenvalue weighted by Gasteiger charge is -2.22. The molecule has 2 N–H and O–H groups in total. The van der Waals surface area contributed by atoms with Crippen LogP contribution in [0.3, 0.4) is 0 Å². The molecule has 6 heteroatoms. The lowest BCUT2D eigenvalue weighted by Crippen LogP contribution is -2.30. The summed E-state index contributed by atoms with van der Waals surface area (Å²) >= 11 is 12.3. The monoisotopic (exact) mass is 436 g/mol. The third kappa shape index (κ3) is 4.25. The Bertz CT molecular complexity index is 1210. The number of fused-ring (bicyclic) bond motifs is 1. The number of phenolic OH excluding ortho intramolecular Hbond substituents is 1. The van der Waals surface area contributed by atoms with E-state index in [1.54, 1.807) is 36.5 Å². The molecule has 0 aliphatic rings. The number of benzene rings is 3. The van der Waals surface area contributed by atoms with E-state index >= 15 is 0 Å². The van der Waals surface area contributed by atoms with E-state index in [4.69, 9.17) is 23.2 Å². The summed E-state index contributed by atoms with van der Waals surface area (Å²) in [5.41, 5.74) is 2.60. The normalized spacial score (nSPS) is 11.9. The van der Waals surface area contributed by atoms with Crippen LogP contribution in [-0.4, -0.2) is 16.0 Å². The second kappa shape index (κ2) is 8.74. The first-order chi connectivity index (χ1) is 14.5. The van der Waals surface area contributed by atoms with E-state index in [1.807, 2.05) is 42.5 Å². The van der Waals surface area contributed by atoms with Crippen LogP contribution in [0.5, 0.6) is 5.75 Å². The Kier molecular flexibility index (Phi) is 5.88. The van der Waals surface area contributed by atoms with Crippen molar-refractivity contribution < 1.29 is 9.90 Å². The number of nitrogens with one attached hydrogen (secondary N) is 1. The first kappa shape index (κ1) is 20.2. The molecule has 1 heterocycles. The first-order valence-corrected chi connectivity index (χ1v) is 10.1. The topological polar surface area (TPSA) is 62.2 Å². The van der Waals surface area contributed by atoms with E-state index < -0.39 is 6.04 Å². The highest BCUT2D eigenvalue weighted by Gasteiger charge is 2.22. The zero-order valence-corrected chi connectivity index (χ0v) is 17.4. The molecule has 1 amide bonds. The molecule has 3 aromatic carbocycles. The molecule has 1 aromatic heterocycles. The highest BCUT2D eigenvalue weighted by atomic mass is 35.5. The molecule has 0 aliphatic carbocycles. The fraction of sp³-hybridized carbons (Fsp3) is 0.0833. The van der Waals surface area contributed by atoms with Crippen LogP contribution in [0.2, 0.25) is 10.0 Å². The number of amides is 1. The average molecular weight is 437 g/mol. The molecule has 150 valence electrons. The minimum atomic E-state index is -0.623. The number of hydrogen-bond donors (Lipinski definition) is 2. The summed E-state index contributed by atoms with van der Waals surface area (Å²) < 4.78 is 0. The Balaban J connectivity index is 1.75. The van der Waals surface area contributed by atoms with Gasteiger partial charge in [0.1, 0.15) is 11.3 Å². The number of hydrogen-bond acceptors (Lipinski definition) is 3. The molecule has 1 atom stereocenters. The van der Waals surface area contributed by atoms with Crippen LogP contribution >= 0.6 is 23.2 Å². The third-order valence-corrected chi connectivity index (χ3v) is 5.62. The second-order valence-electron chi connectivity index (χ2n) is 6.91. The van der Waals surface area contributed by atoms with Crippen LogP contribution in [0.25, 0.3) is 10.9 Å². The van der Waals surface area contributed by atoms with Gasteiger partial charge < -0.3 is 10.4 Å². The number of nitrogens with zero attached hydrogens (tertiary/aromatic N) is 1. The Labute approximate surface area is 184 Å². The Morgan fingerprint density at radius 2 is 1.77 bits per heavy atom. The van der Waals surface area contributed by atoms with Gasteiger partial charge in [-0.05, 0) is 29.3 Å². The van der Waals surface area contributed by atoms with Crippen molar-refractivity contribution in [2.75, 3.05) is 0 Å². The minimum Gasteiger partial charge on any atom is -0.505 e. The molecule has 0 aliphatic heterocycles. The summed E-state index contributed by atoms with van der Waals surface area (Å²) in [5, 5.41) is 15.6. The number of aromatic hydroxyl groups is 1. The van der Waals surface area contributed by atoms with Crippen molar-refractivity contribution in [3.63, 3.8) is 0 Å². The zero-order chi connectivity index (χ0) is 21.1. The average Bonchev–Trinajstić information content (AvgIpc) is 2.76. The van der Waals surface area contributed by atoms with Gasteiger partial charge in [0, 0.05) is 17.1 Å². The third-order valence-electron chi connectivity index (χ3n) is 4.88. The van der Waals surface area contributed by atoms with E-state index in [0.717, 1.165) is 10.9 Å². The van der Waals surface area contributed by atoms with Gasteiger partial charge in [-0.2, -0.15) is 0 Å². The Hall–Kier alpha value is -3.08. The molecular formula is C24H18Cl2N2O2. The molecule has 30 heavy (non-hydrogen) atoms. The molecule has 4 aromatic rings. The molecule has 0 spiro atoms. The zero-order valence-electron chi connectivity index (χ0n) is 15.8. The molecule has 0 bridgehead atoms. The van der Waals surface area contributed by atoms with Gasteiger partial charge in [-0.3, -0.25) is 9.78 Å². The number of halogens is 2. The van der Waals surface area contributed by atoms with Crippen LogP contribution in [0.15, 0.2) is 79.0 Å². The van der Waals surface area contributed by atoms with Crippen LogP contribution < -0.4 is 5.32 Å². The molecule has 0 fully saturated rings. The van der Waals surface area contributed by atoms with Crippen molar-refractivity contribution >= 4 is 40.0 Å². The van der Waals surface area contributed by atoms with Gasteiger partial charge in [-0.25, -0.2) is 0 Å². The largest absolute Gasteiger partial charge is 0.505 e. The molecule has 0 radical (unpaired) electrons. The second-order valence-corrected chi connectivity index (χ2v) is 7.73. The fourth-order valence-corrected chi connectivity index (χ4v) is 3.71. The van der Waals surface area contributed by atoms with Crippen molar-refractivity contribution in [3.05, 3.63) is 106 Å². The van der Waals surface area contributed by atoms with E-state index in [-0.39, 0.29) is 18.1 Å². The standard InChI is InChI=1S/C24H18Cl2N2O2/c25-19-11-9-17(14-20(19)26)22(28-21(29)13-15-5-2-1-3-6-15)18-10-8-16-7-4-12-27-23(16)24(18)30/h1-12,14,22,30H,13H2,(H,28,29). The van der Waals surface area contributed by atoms with Crippen LogP contribution in [-0.2, 0) is 11.2 Å². The van der Waals surface area contributed by atoms with Gasteiger partial charge in [0.15, 0.2) is 0 Å². The fourth-order valence-electron chi connectivity index (χ4n) is 3.40. The van der Waals surface area contributed by atoms with E-state index in [0.29, 0.717) is 26.7 Å². The number of pyridine rings is 1. The molecule has 1 unspecified atom stereocenters. The Morgan fingerprint density at radius 3 is 2.53 bits per heavy atom. The number of carbonyl (C=O) groups excluding carboxylic acids is 1. The molecule has 4 rings (SSSR count). The molecule has 0 saturated carbocycles. The maximum atomic E-state index is 12.8. The van der Waals surface area contributed by atoms with Crippen LogP contribution in [0.4, 0.5) is 0 Å². The van der Waals surface area contributed by atoms with Gasteiger partial charge in [-0.1, -0.05) is 77.8 Å². The number of rotatable bonds is 5. The minimum absolute atomic E-state index is 0.0178. The van der Waals surface area contributed by atoms with Crippen molar-refractivity contribution in [1.29, 1.82) is 0 Å². The highest BCUT2D eigenvalue weighted by molar-refractivity contribution is 6.42. The number of aromatic nitrogens is 1. The van der Waals surface area contributed by atoms with Crippen molar-refractivity contribution in [3.8, 4) is 5.75 Å². The maximum absolute atomic E-state index is 12.8. The SMILES string of the molecule is O=C(Cc1ccccc1)NC(c1ccc(Cl)c(Cl)c1)c1ccc2cccnc2c1O. The van der Waals surface area contributed by atoms with Crippen LogP contribution in [0, 0.1) is 0 Å². The summed E-state index contributed by atoms with van der Waals surface area (Å²) in [6.45, 7) is 0. The van der Waals surface area contributed by atoms with Gasteiger partial charge in [-0.15, -0.1) is 0 Å². The predicted molar refractivity (Wildman–Crippen MR) is 120 cm³/mol. The van der Waals surface area contributed by atoms with E-state index in [1.165, 1.54) is 0 Å². The smallest absolute Gasteiger partial charge is 0.225 e. The van der Waals surface area contributed by atoms with E-state index in [9.17, 15) is 9.90 Å². The molecular weight excluding hydrogens is 419 g/mol. The molecule has 0 saturated heterocycles. The summed E-state index contributed by atoms with van der Waals surface area (Å²) in [6.07, 6.45) is 1.83. The lowest BCUT2D eigenvalue weighted by atomic mass is 9.96. The number of phenols is 1.